The Hall–Kier alpha value is -2.20. The fourth-order valence-corrected chi connectivity index (χ4v) is 2.30. The predicted molar refractivity (Wildman–Crippen MR) is 86.6 cm³/mol. The standard InChI is InChI=1S/C17H22N2O2/c1-2-21-16-10-6-9-15(17(16)18)19(11-12-20)13-14-7-4-3-5-8-14/h3-10,20H,2,11-13,18H2,1H3. The molecule has 2 rings (SSSR count). The lowest BCUT2D eigenvalue weighted by atomic mass is 10.1. The van der Waals surface area contributed by atoms with Gasteiger partial charge in [-0.1, -0.05) is 36.4 Å². The van der Waals surface area contributed by atoms with Gasteiger partial charge in [0, 0.05) is 13.1 Å². The Balaban J connectivity index is 2.27. The van der Waals surface area contributed by atoms with Crippen LogP contribution in [0.4, 0.5) is 11.4 Å². The highest BCUT2D eigenvalue weighted by molar-refractivity contribution is 5.74. The summed E-state index contributed by atoms with van der Waals surface area (Å²) >= 11 is 0. The van der Waals surface area contributed by atoms with Crippen LogP contribution in [0.2, 0.25) is 0 Å². The Morgan fingerprint density at radius 3 is 2.52 bits per heavy atom. The second-order valence-electron chi connectivity index (χ2n) is 4.75. The molecule has 0 saturated carbocycles. The van der Waals surface area contributed by atoms with Crippen molar-refractivity contribution in [3.05, 3.63) is 54.1 Å². The number of ether oxygens (including phenoxy) is 1. The van der Waals surface area contributed by atoms with Gasteiger partial charge in [0.2, 0.25) is 0 Å². The van der Waals surface area contributed by atoms with E-state index in [1.54, 1.807) is 0 Å². The van der Waals surface area contributed by atoms with Crippen molar-refractivity contribution in [1.29, 1.82) is 0 Å². The Morgan fingerprint density at radius 2 is 1.86 bits per heavy atom. The average molecular weight is 286 g/mol. The van der Waals surface area contributed by atoms with Gasteiger partial charge < -0.3 is 20.5 Å². The second-order valence-corrected chi connectivity index (χ2v) is 4.75. The van der Waals surface area contributed by atoms with Crippen LogP contribution < -0.4 is 15.4 Å². The minimum absolute atomic E-state index is 0.0745. The molecule has 0 aliphatic heterocycles. The summed E-state index contributed by atoms with van der Waals surface area (Å²) < 4.78 is 5.54. The number of aliphatic hydroxyl groups excluding tert-OH is 1. The molecular formula is C17H22N2O2. The lowest BCUT2D eigenvalue weighted by Crippen LogP contribution is -2.27. The summed E-state index contributed by atoms with van der Waals surface area (Å²) in [6, 6.07) is 15.9. The number of rotatable bonds is 7. The van der Waals surface area contributed by atoms with Gasteiger partial charge >= 0.3 is 0 Å². The molecule has 0 atom stereocenters. The van der Waals surface area contributed by atoms with Crippen LogP contribution in [-0.2, 0) is 6.54 Å². The molecule has 112 valence electrons. The number of benzene rings is 2. The molecule has 0 aromatic heterocycles. The van der Waals surface area contributed by atoms with E-state index >= 15 is 0 Å². The number of nitrogen functional groups attached to an aromatic ring is 1. The van der Waals surface area contributed by atoms with Crippen LogP contribution in [0.15, 0.2) is 48.5 Å². The molecule has 0 saturated heterocycles. The number of hydrogen-bond acceptors (Lipinski definition) is 4. The van der Waals surface area contributed by atoms with Gasteiger partial charge in [0.05, 0.1) is 24.6 Å². The quantitative estimate of drug-likeness (QED) is 0.768. The van der Waals surface area contributed by atoms with E-state index in [0.717, 1.165) is 5.69 Å². The summed E-state index contributed by atoms with van der Waals surface area (Å²) in [5.74, 6) is 0.686. The van der Waals surface area contributed by atoms with Gasteiger partial charge in [-0.15, -0.1) is 0 Å². The molecule has 0 unspecified atom stereocenters. The van der Waals surface area contributed by atoms with Crippen molar-refractivity contribution in [2.45, 2.75) is 13.5 Å². The highest BCUT2D eigenvalue weighted by Gasteiger charge is 2.13. The van der Waals surface area contributed by atoms with E-state index in [-0.39, 0.29) is 6.61 Å². The predicted octanol–water partition coefficient (Wildman–Crippen LogP) is 2.67. The van der Waals surface area contributed by atoms with Gasteiger partial charge in [-0.2, -0.15) is 0 Å². The van der Waals surface area contributed by atoms with Crippen LogP contribution in [0.5, 0.6) is 5.75 Å². The molecule has 0 spiro atoms. The summed E-state index contributed by atoms with van der Waals surface area (Å²) in [6.07, 6.45) is 0. The van der Waals surface area contributed by atoms with E-state index in [9.17, 15) is 5.11 Å². The van der Waals surface area contributed by atoms with Crippen molar-refractivity contribution in [2.24, 2.45) is 0 Å². The van der Waals surface area contributed by atoms with Gasteiger partial charge in [0.25, 0.3) is 0 Å². The third kappa shape index (κ3) is 3.89. The van der Waals surface area contributed by atoms with Gasteiger partial charge in [-0.25, -0.2) is 0 Å². The van der Waals surface area contributed by atoms with Crippen molar-refractivity contribution >= 4 is 11.4 Å². The molecule has 4 heteroatoms. The molecule has 3 N–H and O–H groups in total. The Bertz CT molecular complexity index is 558. The molecule has 0 amide bonds. The summed E-state index contributed by atoms with van der Waals surface area (Å²) in [7, 11) is 0. The van der Waals surface area contributed by atoms with Crippen LogP contribution in [-0.4, -0.2) is 24.9 Å². The molecule has 0 bridgehead atoms. The number of anilines is 2. The number of hydrogen-bond donors (Lipinski definition) is 2. The first-order chi connectivity index (χ1) is 10.3. The van der Waals surface area contributed by atoms with Crippen molar-refractivity contribution < 1.29 is 9.84 Å². The first kappa shape index (κ1) is 15.2. The molecule has 4 nitrogen and oxygen atoms in total. The molecule has 0 radical (unpaired) electrons. The summed E-state index contributed by atoms with van der Waals surface area (Å²) in [4.78, 5) is 2.06. The highest BCUT2D eigenvalue weighted by atomic mass is 16.5. The summed E-state index contributed by atoms with van der Waals surface area (Å²) in [6.45, 7) is 3.80. The first-order valence-corrected chi connectivity index (χ1v) is 7.17. The fraction of sp³-hybridized carbons (Fsp3) is 0.294. The number of nitrogens with zero attached hydrogens (tertiary/aromatic N) is 1. The third-order valence-corrected chi connectivity index (χ3v) is 3.27. The monoisotopic (exact) mass is 286 g/mol. The molecule has 0 aliphatic rings. The van der Waals surface area contributed by atoms with Gasteiger partial charge in [-0.3, -0.25) is 0 Å². The zero-order chi connectivity index (χ0) is 15.1. The largest absolute Gasteiger partial charge is 0.492 e. The van der Waals surface area contributed by atoms with E-state index in [0.29, 0.717) is 31.1 Å². The molecule has 2 aromatic carbocycles. The molecule has 0 aliphatic carbocycles. The Labute approximate surface area is 125 Å². The van der Waals surface area contributed by atoms with E-state index in [4.69, 9.17) is 10.5 Å². The summed E-state index contributed by atoms with van der Waals surface area (Å²) in [5.41, 5.74) is 8.88. The number of para-hydroxylation sites is 1. The van der Waals surface area contributed by atoms with Crippen LogP contribution in [0.25, 0.3) is 0 Å². The van der Waals surface area contributed by atoms with Crippen LogP contribution in [0, 0.1) is 0 Å². The Morgan fingerprint density at radius 1 is 1.10 bits per heavy atom. The topological polar surface area (TPSA) is 58.7 Å². The van der Waals surface area contributed by atoms with Crippen molar-refractivity contribution in [1.82, 2.24) is 0 Å². The normalized spacial score (nSPS) is 10.4. The summed E-state index contributed by atoms with van der Waals surface area (Å²) in [5, 5.41) is 9.33. The van der Waals surface area contributed by atoms with Crippen molar-refractivity contribution in [3.8, 4) is 5.75 Å². The van der Waals surface area contributed by atoms with Crippen LogP contribution >= 0.6 is 0 Å². The Kier molecular flexibility index (Phi) is 5.46. The van der Waals surface area contributed by atoms with E-state index in [1.165, 1.54) is 5.56 Å². The average Bonchev–Trinajstić information content (AvgIpc) is 2.50. The first-order valence-electron chi connectivity index (χ1n) is 7.17. The molecule has 2 aromatic rings. The maximum absolute atomic E-state index is 9.33. The van der Waals surface area contributed by atoms with Gasteiger partial charge in [0.1, 0.15) is 5.75 Å². The minimum atomic E-state index is 0.0745. The maximum atomic E-state index is 9.33. The smallest absolute Gasteiger partial charge is 0.144 e. The van der Waals surface area contributed by atoms with E-state index < -0.39 is 0 Å². The van der Waals surface area contributed by atoms with Gasteiger partial charge in [0.15, 0.2) is 0 Å². The molecule has 0 fully saturated rings. The van der Waals surface area contributed by atoms with E-state index in [2.05, 4.69) is 17.0 Å². The minimum Gasteiger partial charge on any atom is -0.492 e. The number of aliphatic hydroxyl groups is 1. The zero-order valence-corrected chi connectivity index (χ0v) is 12.3. The third-order valence-electron chi connectivity index (χ3n) is 3.27. The molecule has 21 heavy (non-hydrogen) atoms. The zero-order valence-electron chi connectivity index (χ0n) is 12.3. The van der Waals surface area contributed by atoms with Crippen LogP contribution in [0.3, 0.4) is 0 Å². The van der Waals surface area contributed by atoms with E-state index in [1.807, 2.05) is 43.3 Å². The molecule has 0 heterocycles. The van der Waals surface area contributed by atoms with Crippen LogP contribution in [0.1, 0.15) is 12.5 Å². The second kappa shape index (κ2) is 7.55. The fourth-order valence-electron chi connectivity index (χ4n) is 2.30. The van der Waals surface area contributed by atoms with Crippen molar-refractivity contribution in [3.63, 3.8) is 0 Å². The maximum Gasteiger partial charge on any atom is 0.144 e. The molecular weight excluding hydrogens is 264 g/mol. The lowest BCUT2D eigenvalue weighted by molar-refractivity contribution is 0.301. The SMILES string of the molecule is CCOc1cccc(N(CCO)Cc2ccccc2)c1N. The highest BCUT2D eigenvalue weighted by Crippen LogP contribution is 2.33. The lowest BCUT2D eigenvalue weighted by Gasteiger charge is -2.26. The van der Waals surface area contributed by atoms with Crippen molar-refractivity contribution in [2.75, 3.05) is 30.4 Å². The number of nitrogens with two attached hydrogens (primary N) is 1. The van der Waals surface area contributed by atoms with Gasteiger partial charge in [-0.05, 0) is 24.6 Å².